The summed E-state index contributed by atoms with van der Waals surface area (Å²) in [6.45, 7) is 7.70. The van der Waals surface area contributed by atoms with Gasteiger partial charge in [0.15, 0.2) is 0 Å². The third-order valence-electron chi connectivity index (χ3n) is 5.93. The molecule has 1 N–H and O–H groups in total. The van der Waals surface area contributed by atoms with Crippen molar-refractivity contribution in [3.05, 3.63) is 64.2 Å². The van der Waals surface area contributed by atoms with Crippen molar-refractivity contribution in [3.63, 3.8) is 0 Å². The summed E-state index contributed by atoms with van der Waals surface area (Å²) in [6.07, 6.45) is 3.74. The molecule has 0 saturated carbocycles. The van der Waals surface area contributed by atoms with E-state index in [1.165, 1.54) is 47.3 Å². The maximum Gasteiger partial charge on any atom is 0.253 e. The first kappa shape index (κ1) is 24.7. The van der Waals surface area contributed by atoms with E-state index < -0.39 is 10.0 Å². The van der Waals surface area contributed by atoms with E-state index in [1.54, 1.807) is 13.8 Å². The summed E-state index contributed by atoms with van der Waals surface area (Å²) in [6, 6.07) is 12.4. The van der Waals surface area contributed by atoms with Crippen LogP contribution in [0.5, 0.6) is 0 Å². The number of amides is 1. The van der Waals surface area contributed by atoms with Crippen LogP contribution in [-0.2, 0) is 23.1 Å². The van der Waals surface area contributed by atoms with Gasteiger partial charge in [0, 0.05) is 26.2 Å². The first-order valence-corrected chi connectivity index (χ1v) is 13.1. The first-order valence-electron chi connectivity index (χ1n) is 11.2. The van der Waals surface area contributed by atoms with Gasteiger partial charge in [0.1, 0.15) is 0 Å². The van der Waals surface area contributed by atoms with E-state index in [1.807, 2.05) is 18.2 Å². The van der Waals surface area contributed by atoms with Gasteiger partial charge < -0.3 is 5.32 Å². The van der Waals surface area contributed by atoms with Crippen molar-refractivity contribution in [2.75, 3.05) is 26.2 Å². The molecule has 0 aliphatic carbocycles. The minimum Gasteiger partial charge on any atom is -0.348 e. The van der Waals surface area contributed by atoms with Crippen molar-refractivity contribution in [1.29, 1.82) is 0 Å². The number of hydrogen-bond acceptors (Lipinski definition) is 4. The molecule has 2 aromatic rings. The molecule has 0 atom stereocenters. The lowest BCUT2D eigenvalue weighted by atomic mass is 10.0. The molecule has 0 spiro atoms. The molecule has 32 heavy (non-hydrogen) atoms. The van der Waals surface area contributed by atoms with E-state index in [0.29, 0.717) is 19.6 Å². The third-order valence-corrected chi connectivity index (χ3v) is 8.30. The van der Waals surface area contributed by atoms with E-state index in [2.05, 4.69) is 16.3 Å². The predicted molar refractivity (Wildman–Crippen MR) is 128 cm³/mol. The quantitative estimate of drug-likeness (QED) is 0.585. The molecule has 1 fully saturated rings. The number of halogens is 1. The zero-order valence-electron chi connectivity index (χ0n) is 18.8. The Bertz CT molecular complexity index is 1030. The van der Waals surface area contributed by atoms with Gasteiger partial charge in [0.2, 0.25) is 10.0 Å². The molecule has 2 aromatic carbocycles. The summed E-state index contributed by atoms with van der Waals surface area (Å²) in [5.74, 6) is -0.389. The average Bonchev–Trinajstić information content (AvgIpc) is 2.80. The molecule has 0 bridgehead atoms. The maximum atomic E-state index is 12.9. The van der Waals surface area contributed by atoms with Gasteiger partial charge in [-0.05, 0) is 55.3 Å². The van der Waals surface area contributed by atoms with Gasteiger partial charge in [-0.15, -0.1) is 0 Å². The molecule has 1 amide bonds. The van der Waals surface area contributed by atoms with Gasteiger partial charge in [-0.25, -0.2) is 8.42 Å². The molecule has 6 nitrogen and oxygen atoms in total. The van der Waals surface area contributed by atoms with Gasteiger partial charge >= 0.3 is 0 Å². The topological polar surface area (TPSA) is 69.7 Å². The van der Waals surface area contributed by atoms with Crippen molar-refractivity contribution >= 4 is 27.5 Å². The highest BCUT2D eigenvalue weighted by atomic mass is 35.5. The Morgan fingerprint density at radius 1 is 1.03 bits per heavy atom. The number of benzene rings is 2. The van der Waals surface area contributed by atoms with E-state index in [4.69, 9.17) is 11.6 Å². The summed E-state index contributed by atoms with van der Waals surface area (Å²) < 4.78 is 27.0. The number of sulfonamides is 1. The van der Waals surface area contributed by atoms with Gasteiger partial charge in [-0.3, -0.25) is 9.69 Å². The molecule has 0 unspecified atom stereocenters. The molecule has 3 rings (SSSR count). The van der Waals surface area contributed by atoms with Crippen molar-refractivity contribution in [3.8, 4) is 0 Å². The second-order valence-electron chi connectivity index (χ2n) is 8.02. The predicted octanol–water partition coefficient (Wildman–Crippen LogP) is 4.29. The number of carbonyl (C=O) groups is 1. The summed E-state index contributed by atoms with van der Waals surface area (Å²) >= 11 is 6.25. The Morgan fingerprint density at radius 3 is 2.34 bits per heavy atom. The number of likely N-dealkylation sites (tertiary alicyclic amines) is 1. The number of hydrogen-bond donors (Lipinski definition) is 1. The van der Waals surface area contributed by atoms with Crippen molar-refractivity contribution in [2.24, 2.45) is 0 Å². The fourth-order valence-electron chi connectivity index (χ4n) is 4.06. The lowest BCUT2D eigenvalue weighted by Crippen LogP contribution is -2.31. The zero-order chi connectivity index (χ0) is 23.1. The van der Waals surface area contributed by atoms with Crippen LogP contribution in [0.1, 0.15) is 54.6 Å². The molecule has 1 aliphatic heterocycles. The molecule has 0 radical (unpaired) electrons. The van der Waals surface area contributed by atoms with Crippen LogP contribution >= 0.6 is 11.6 Å². The molecule has 1 saturated heterocycles. The van der Waals surface area contributed by atoms with Crippen LogP contribution < -0.4 is 5.32 Å². The Morgan fingerprint density at radius 2 is 1.69 bits per heavy atom. The molecule has 8 heteroatoms. The lowest BCUT2D eigenvalue weighted by molar-refractivity contribution is 0.0950. The first-order chi connectivity index (χ1) is 15.4. The van der Waals surface area contributed by atoms with Crippen LogP contribution in [0, 0.1) is 0 Å². The van der Waals surface area contributed by atoms with Crippen LogP contribution in [0.2, 0.25) is 5.02 Å². The van der Waals surface area contributed by atoms with Crippen LogP contribution in [0.25, 0.3) is 0 Å². The highest BCUT2D eigenvalue weighted by Crippen LogP contribution is 2.23. The zero-order valence-corrected chi connectivity index (χ0v) is 20.4. The van der Waals surface area contributed by atoms with Crippen LogP contribution in [0.3, 0.4) is 0 Å². The fourth-order valence-corrected chi connectivity index (χ4v) is 5.75. The van der Waals surface area contributed by atoms with E-state index >= 15 is 0 Å². The van der Waals surface area contributed by atoms with Crippen molar-refractivity contribution in [2.45, 2.75) is 51.1 Å². The summed E-state index contributed by atoms with van der Waals surface area (Å²) in [5.41, 5.74) is 2.40. The van der Waals surface area contributed by atoms with Gasteiger partial charge in [-0.2, -0.15) is 4.31 Å². The van der Waals surface area contributed by atoms with Crippen LogP contribution in [-0.4, -0.2) is 49.7 Å². The normalized spacial score (nSPS) is 15.1. The molecule has 174 valence electrons. The second kappa shape index (κ2) is 11.3. The number of carbonyl (C=O) groups excluding carboxylic acids is 1. The Kier molecular flexibility index (Phi) is 8.71. The minimum absolute atomic E-state index is 0.0706. The molecule has 1 heterocycles. The van der Waals surface area contributed by atoms with Gasteiger partial charge in [0.25, 0.3) is 5.91 Å². The molecular weight excluding hydrogens is 446 g/mol. The number of piperidine rings is 1. The van der Waals surface area contributed by atoms with Crippen LogP contribution in [0.15, 0.2) is 47.4 Å². The van der Waals surface area contributed by atoms with Crippen molar-refractivity contribution < 1.29 is 13.2 Å². The third kappa shape index (κ3) is 5.90. The number of nitrogens with one attached hydrogen (secondary N) is 1. The van der Waals surface area contributed by atoms with E-state index in [-0.39, 0.29) is 21.4 Å². The minimum atomic E-state index is -3.68. The Hall–Kier alpha value is -1.93. The lowest BCUT2D eigenvalue weighted by Gasteiger charge is -2.27. The molecule has 0 aromatic heterocycles. The SMILES string of the molecule is CCN(CC)S(=O)(=O)c1ccc(Cl)c(C(=O)NCc2ccccc2CN2CCCCC2)c1. The average molecular weight is 478 g/mol. The van der Waals surface area contributed by atoms with Gasteiger partial charge in [-0.1, -0.05) is 56.1 Å². The summed E-state index contributed by atoms with van der Waals surface area (Å²) in [5, 5.41) is 3.14. The van der Waals surface area contributed by atoms with E-state index in [0.717, 1.165) is 25.2 Å². The van der Waals surface area contributed by atoms with Crippen LogP contribution in [0.4, 0.5) is 0 Å². The smallest absolute Gasteiger partial charge is 0.253 e. The standard InChI is InChI=1S/C24H32ClN3O3S/c1-3-28(4-2)32(30,31)21-12-13-23(25)22(16-21)24(29)26-17-19-10-6-7-11-20(19)18-27-14-8-5-9-15-27/h6-7,10-13,16H,3-5,8-9,14-15,17-18H2,1-2H3,(H,26,29). The maximum absolute atomic E-state index is 12.9. The Labute approximate surface area is 196 Å². The highest BCUT2D eigenvalue weighted by molar-refractivity contribution is 7.89. The van der Waals surface area contributed by atoms with Crippen molar-refractivity contribution in [1.82, 2.24) is 14.5 Å². The summed E-state index contributed by atoms with van der Waals surface area (Å²) in [4.78, 5) is 15.4. The molecule has 1 aliphatic rings. The largest absolute Gasteiger partial charge is 0.348 e. The fraction of sp³-hybridized carbons (Fsp3) is 0.458. The highest BCUT2D eigenvalue weighted by Gasteiger charge is 2.24. The number of rotatable bonds is 9. The van der Waals surface area contributed by atoms with E-state index in [9.17, 15) is 13.2 Å². The summed E-state index contributed by atoms with van der Waals surface area (Å²) in [7, 11) is -3.68. The Balaban J connectivity index is 1.74. The number of nitrogens with zero attached hydrogens (tertiary/aromatic N) is 2. The second-order valence-corrected chi connectivity index (χ2v) is 10.4. The van der Waals surface area contributed by atoms with Gasteiger partial charge in [0.05, 0.1) is 15.5 Å². The molecular formula is C24H32ClN3O3S. The monoisotopic (exact) mass is 477 g/mol.